The second kappa shape index (κ2) is 5.78. The number of rotatable bonds is 4. The summed E-state index contributed by atoms with van der Waals surface area (Å²) in [5, 5.41) is 8.85. The van der Waals surface area contributed by atoms with E-state index in [1.54, 1.807) is 12.3 Å². The summed E-state index contributed by atoms with van der Waals surface area (Å²) in [6.07, 6.45) is 1.62. The Morgan fingerprint density at radius 1 is 1.22 bits per heavy atom. The van der Waals surface area contributed by atoms with Gasteiger partial charge < -0.3 is 4.90 Å². The first-order valence-electron chi connectivity index (χ1n) is 5.85. The standard InChI is InChI=1S/C14H14N4/c1-2-18(11-12-6-4-3-5-7-12)14-16-9-8-13(10-15)17-14/h3-9H,2,11H2,1H3. The maximum atomic E-state index is 8.85. The van der Waals surface area contributed by atoms with Crippen molar-refractivity contribution in [2.75, 3.05) is 11.4 Å². The molecule has 2 rings (SSSR count). The van der Waals surface area contributed by atoms with Crippen LogP contribution in [0.3, 0.4) is 0 Å². The summed E-state index contributed by atoms with van der Waals surface area (Å²) in [6, 6.07) is 13.8. The van der Waals surface area contributed by atoms with Gasteiger partial charge in [0.05, 0.1) is 0 Å². The molecule has 1 aromatic carbocycles. The average molecular weight is 238 g/mol. The second-order valence-electron chi connectivity index (χ2n) is 3.85. The summed E-state index contributed by atoms with van der Waals surface area (Å²) >= 11 is 0. The van der Waals surface area contributed by atoms with Gasteiger partial charge in [-0.2, -0.15) is 5.26 Å². The highest BCUT2D eigenvalue weighted by Gasteiger charge is 2.08. The largest absolute Gasteiger partial charge is 0.337 e. The van der Waals surface area contributed by atoms with Crippen molar-refractivity contribution in [2.24, 2.45) is 0 Å². The van der Waals surface area contributed by atoms with Crippen LogP contribution >= 0.6 is 0 Å². The Bertz CT molecular complexity index is 545. The van der Waals surface area contributed by atoms with E-state index >= 15 is 0 Å². The Hall–Kier alpha value is -2.41. The summed E-state index contributed by atoms with van der Waals surface area (Å²) in [5.74, 6) is 0.598. The molecule has 1 heterocycles. The molecule has 0 radical (unpaired) electrons. The van der Waals surface area contributed by atoms with Gasteiger partial charge in [0.25, 0.3) is 0 Å². The molecule has 4 nitrogen and oxygen atoms in total. The van der Waals surface area contributed by atoms with Crippen molar-refractivity contribution in [2.45, 2.75) is 13.5 Å². The van der Waals surface area contributed by atoms with Crippen molar-refractivity contribution < 1.29 is 0 Å². The Labute approximate surface area is 107 Å². The molecule has 0 saturated carbocycles. The molecule has 4 heteroatoms. The zero-order chi connectivity index (χ0) is 12.8. The van der Waals surface area contributed by atoms with Gasteiger partial charge in [-0.25, -0.2) is 9.97 Å². The lowest BCUT2D eigenvalue weighted by atomic mass is 10.2. The highest BCUT2D eigenvalue weighted by Crippen LogP contribution is 2.11. The van der Waals surface area contributed by atoms with Crippen molar-refractivity contribution >= 4 is 5.95 Å². The van der Waals surface area contributed by atoms with Crippen LogP contribution in [0.1, 0.15) is 18.2 Å². The molecule has 0 fully saturated rings. The summed E-state index contributed by atoms with van der Waals surface area (Å²) in [5.41, 5.74) is 1.59. The van der Waals surface area contributed by atoms with Gasteiger partial charge in [-0.15, -0.1) is 0 Å². The summed E-state index contributed by atoms with van der Waals surface area (Å²) < 4.78 is 0. The molecule has 0 bridgehead atoms. The van der Waals surface area contributed by atoms with Crippen molar-refractivity contribution in [3.63, 3.8) is 0 Å². The quantitative estimate of drug-likeness (QED) is 0.820. The molecule has 0 saturated heterocycles. The van der Waals surface area contributed by atoms with Crippen LogP contribution in [-0.2, 0) is 6.54 Å². The van der Waals surface area contributed by atoms with Gasteiger partial charge in [0, 0.05) is 19.3 Å². The lowest BCUT2D eigenvalue weighted by Gasteiger charge is -2.20. The monoisotopic (exact) mass is 238 g/mol. The number of anilines is 1. The first kappa shape index (κ1) is 12.1. The van der Waals surface area contributed by atoms with E-state index in [9.17, 15) is 0 Å². The predicted octanol–water partition coefficient (Wildman–Crippen LogP) is 2.37. The highest BCUT2D eigenvalue weighted by atomic mass is 15.2. The summed E-state index contributed by atoms with van der Waals surface area (Å²) in [7, 11) is 0. The Kier molecular flexibility index (Phi) is 3.87. The van der Waals surface area contributed by atoms with Gasteiger partial charge in [0.1, 0.15) is 11.8 Å². The molecule has 0 N–H and O–H groups in total. The molecule has 0 spiro atoms. The van der Waals surface area contributed by atoms with Crippen LogP contribution in [0.25, 0.3) is 0 Å². The maximum Gasteiger partial charge on any atom is 0.226 e. The number of nitrogens with zero attached hydrogens (tertiary/aromatic N) is 4. The van der Waals surface area contributed by atoms with Crippen LogP contribution < -0.4 is 4.90 Å². The summed E-state index contributed by atoms with van der Waals surface area (Å²) in [6.45, 7) is 3.58. The van der Waals surface area contributed by atoms with E-state index in [-0.39, 0.29) is 0 Å². The average Bonchev–Trinajstić information content (AvgIpc) is 2.46. The van der Waals surface area contributed by atoms with Crippen LogP contribution in [-0.4, -0.2) is 16.5 Å². The Balaban J connectivity index is 2.21. The maximum absolute atomic E-state index is 8.85. The van der Waals surface area contributed by atoms with Gasteiger partial charge in [-0.1, -0.05) is 30.3 Å². The number of hydrogen-bond acceptors (Lipinski definition) is 4. The number of aromatic nitrogens is 2. The van der Waals surface area contributed by atoms with Gasteiger partial charge in [0.2, 0.25) is 5.95 Å². The fraction of sp³-hybridized carbons (Fsp3) is 0.214. The van der Waals surface area contributed by atoms with Crippen molar-refractivity contribution in [3.8, 4) is 6.07 Å². The lowest BCUT2D eigenvalue weighted by Crippen LogP contribution is -2.24. The van der Waals surface area contributed by atoms with Crippen molar-refractivity contribution in [3.05, 3.63) is 53.9 Å². The van der Waals surface area contributed by atoms with Crippen molar-refractivity contribution in [1.29, 1.82) is 5.26 Å². The van der Waals surface area contributed by atoms with E-state index < -0.39 is 0 Å². The zero-order valence-corrected chi connectivity index (χ0v) is 10.2. The Morgan fingerprint density at radius 3 is 2.67 bits per heavy atom. The lowest BCUT2D eigenvalue weighted by molar-refractivity contribution is 0.790. The molecular formula is C14H14N4. The first-order valence-corrected chi connectivity index (χ1v) is 5.85. The van der Waals surface area contributed by atoms with E-state index in [0.29, 0.717) is 11.6 Å². The number of benzene rings is 1. The molecule has 0 amide bonds. The molecule has 0 aliphatic carbocycles. The molecule has 0 aliphatic heterocycles. The predicted molar refractivity (Wildman–Crippen MR) is 69.9 cm³/mol. The minimum Gasteiger partial charge on any atom is -0.337 e. The summed E-state index contributed by atoms with van der Waals surface area (Å²) in [4.78, 5) is 10.5. The van der Waals surface area contributed by atoms with Gasteiger partial charge in [0.15, 0.2) is 0 Å². The van der Waals surface area contributed by atoms with Crippen LogP contribution in [0, 0.1) is 11.3 Å². The minimum absolute atomic E-state index is 0.395. The number of hydrogen-bond donors (Lipinski definition) is 0. The van der Waals surface area contributed by atoms with E-state index in [2.05, 4.69) is 22.1 Å². The van der Waals surface area contributed by atoms with Gasteiger partial charge in [-0.3, -0.25) is 0 Å². The zero-order valence-electron chi connectivity index (χ0n) is 10.2. The highest BCUT2D eigenvalue weighted by molar-refractivity contribution is 5.35. The topological polar surface area (TPSA) is 52.8 Å². The molecule has 0 atom stereocenters. The third-order valence-corrected chi connectivity index (χ3v) is 2.64. The fourth-order valence-corrected chi connectivity index (χ4v) is 1.69. The molecule has 0 unspecified atom stereocenters. The van der Waals surface area contributed by atoms with Crippen LogP contribution in [0.5, 0.6) is 0 Å². The van der Waals surface area contributed by atoms with E-state index in [1.807, 2.05) is 36.1 Å². The van der Waals surface area contributed by atoms with E-state index in [0.717, 1.165) is 13.1 Å². The normalized spacial score (nSPS) is 9.78. The fourth-order valence-electron chi connectivity index (χ4n) is 1.69. The third kappa shape index (κ3) is 2.83. The van der Waals surface area contributed by atoms with Crippen LogP contribution in [0.4, 0.5) is 5.95 Å². The molecule has 2 aromatic rings. The van der Waals surface area contributed by atoms with Gasteiger partial charge in [-0.05, 0) is 18.6 Å². The van der Waals surface area contributed by atoms with Crippen LogP contribution in [0.15, 0.2) is 42.6 Å². The molecular weight excluding hydrogens is 224 g/mol. The van der Waals surface area contributed by atoms with E-state index in [1.165, 1.54) is 5.56 Å². The van der Waals surface area contributed by atoms with E-state index in [4.69, 9.17) is 5.26 Å². The smallest absolute Gasteiger partial charge is 0.226 e. The molecule has 1 aromatic heterocycles. The molecule has 18 heavy (non-hydrogen) atoms. The first-order chi connectivity index (χ1) is 8.83. The minimum atomic E-state index is 0.395. The SMILES string of the molecule is CCN(Cc1ccccc1)c1nccc(C#N)n1. The van der Waals surface area contributed by atoms with Gasteiger partial charge >= 0.3 is 0 Å². The third-order valence-electron chi connectivity index (χ3n) is 2.64. The van der Waals surface area contributed by atoms with Crippen molar-refractivity contribution in [1.82, 2.24) is 9.97 Å². The van der Waals surface area contributed by atoms with Crippen LogP contribution in [0.2, 0.25) is 0 Å². The molecule has 0 aliphatic rings. The number of nitriles is 1. The second-order valence-corrected chi connectivity index (χ2v) is 3.85. The molecule has 90 valence electrons. The Morgan fingerprint density at radius 2 is 2.00 bits per heavy atom.